The zero-order valence-electron chi connectivity index (χ0n) is 10.0. The summed E-state index contributed by atoms with van der Waals surface area (Å²) in [6, 6.07) is 8.07. The van der Waals surface area contributed by atoms with Crippen LogP contribution < -0.4 is 16.5 Å². The third kappa shape index (κ3) is 1.63. The lowest BCUT2D eigenvalue weighted by Gasteiger charge is -2.41. The van der Waals surface area contributed by atoms with Crippen molar-refractivity contribution in [3.63, 3.8) is 0 Å². The van der Waals surface area contributed by atoms with Gasteiger partial charge in [-0.3, -0.25) is 10.0 Å². The molecule has 18 heavy (non-hydrogen) atoms. The number of rotatable bonds is 2. The second kappa shape index (κ2) is 4.33. The third-order valence-electron chi connectivity index (χ3n) is 3.18. The number of hydrazine groups is 1. The predicted octanol–water partition coefficient (Wildman–Crippen LogP) is 1.39. The summed E-state index contributed by atoms with van der Waals surface area (Å²) < 4.78 is 0. The van der Waals surface area contributed by atoms with E-state index < -0.39 is 0 Å². The molecule has 1 aromatic rings. The van der Waals surface area contributed by atoms with Gasteiger partial charge in [0.25, 0.3) is 0 Å². The van der Waals surface area contributed by atoms with E-state index in [0.717, 1.165) is 16.9 Å². The summed E-state index contributed by atoms with van der Waals surface area (Å²) in [5.41, 5.74) is 15.1. The third-order valence-corrected chi connectivity index (χ3v) is 3.18. The van der Waals surface area contributed by atoms with Crippen molar-refractivity contribution in [2.24, 2.45) is 11.5 Å². The van der Waals surface area contributed by atoms with E-state index in [0.29, 0.717) is 6.54 Å². The van der Waals surface area contributed by atoms with E-state index in [4.69, 9.17) is 11.5 Å². The molecule has 1 atom stereocenters. The maximum Gasteiger partial charge on any atom is 0.0702 e. The monoisotopic (exact) mass is 240 g/mol. The standard InChI is InChI=1S/C14H16N4/c15-10-12(16)14-9-11-5-1-2-6-13(11)17-7-3-4-8-18(14)17/h1-9,12H,10,15-16H2. The number of fused-ring (bicyclic) bond motifs is 3. The highest BCUT2D eigenvalue weighted by Crippen LogP contribution is 2.34. The molecule has 0 saturated carbocycles. The molecule has 0 amide bonds. The number of anilines is 1. The number of hydrogen-bond acceptors (Lipinski definition) is 4. The highest BCUT2D eigenvalue weighted by Gasteiger charge is 2.26. The Morgan fingerprint density at radius 3 is 2.56 bits per heavy atom. The fourth-order valence-corrected chi connectivity index (χ4v) is 2.25. The van der Waals surface area contributed by atoms with Crippen molar-refractivity contribution in [3.8, 4) is 0 Å². The second-order valence-electron chi connectivity index (χ2n) is 4.34. The molecule has 2 aliphatic rings. The number of nitrogens with zero attached hydrogens (tertiary/aromatic N) is 2. The Balaban J connectivity index is 2.13. The number of allylic oxidation sites excluding steroid dienone is 2. The smallest absolute Gasteiger partial charge is 0.0702 e. The van der Waals surface area contributed by atoms with Gasteiger partial charge in [0.15, 0.2) is 0 Å². The van der Waals surface area contributed by atoms with Crippen LogP contribution in [0.3, 0.4) is 0 Å². The molecule has 3 rings (SSSR count). The molecule has 0 bridgehead atoms. The first-order valence-corrected chi connectivity index (χ1v) is 6.01. The van der Waals surface area contributed by atoms with Gasteiger partial charge in [0.05, 0.1) is 17.4 Å². The van der Waals surface area contributed by atoms with Crippen molar-refractivity contribution in [3.05, 3.63) is 60.1 Å². The maximum absolute atomic E-state index is 6.09. The molecule has 92 valence electrons. The minimum atomic E-state index is -0.169. The van der Waals surface area contributed by atoms with Crippen molar-refractivity contribution in [1.82, 2.24) is 5.01 Å². The topological polar surface area (TPSA) is 58.5 Å². The van der Waals surface area contributed by atoms with E-state index in [2.05, 4.69) is 23.2 Å². The van der Waals surface area contributed by atoms with Crippen LogP contribution in [0.25, 0.3) is 6.08 Å². The van der Waals surface area contributed by atoms with E-state index in [1.54, 1.807) is 0 Å². The van der Waals surface area contributed by atoms with E-state index in [-0.39, 0.29) is 6.04 Å². The molecular formula is C14H16N4. The number of benzene rings is 1. The molecule has 0 spiro atoms. The minimum absolute atomic E-state index is 0.169. The van der Waals surface area contributed by atoms with Crippen LogP contribution >= 0.6 is 0 Å². The molecule has 2 aliphatic heterocycles. The number of para-hydroxylation sites is 1. The summed E-state index contributed by atoms with van der Waals surface area (Å²) in [7, 11) is 0. The molecule has 2 heterocycles. The fourth-order valence-electron chi connectivity index (χ4n) is 2.25. The van der Waals surface area contributed by atoms with Gasteiger partial charge in [0.2, 0.25) is 0 Å². The van der Waals surface area contributed by atoms with Gasteiger partial charge in [-0.15, -0.1) is 0 Å². The quantitative estimate of drug-likeness (QED) is 0.820. The fraction of sp³-hybridized carbons (Fsp3) is 0.143. The van der Waals surface area contributed by atoms with E-state index >= 15 is 0 Å². The van der Waals surface area contributed by atoms with Crippen LogP contribution in [0.2, 0.25) is 0 Å². The Morgan fingerprint density at radius 1 is 1.06 bits per heavy atom. The Kier molecular flexibility index (Phi) is 2.66. The van der Waals surface area contributed by atoms with Crippen molar-refractivity contribution in [2.45, 2.75) is 6.04 Å². The normalized spacial score (nSPS) is 18.2. The van der Waals surface area contributed by atoms with E-state index in [1.807, 2.05) is 41.7 Å². The first-order valence-electron chi connectivity index (χ1n) is 6.01. The summed E-state index contributed by atoms with van der Waals surface area (Å²) >= 11 is 0. The molecule has 0 saturated heterocycles. The molecule has 0 aromatic heterocycles. The Bertz CT molecular complexity index is 544. The lowest BCUT2D eigenvalue weighted by atomic mass is 10.0. The van der Waals surface area contributed by atoms with Gasteiger partial charge < -0.3 is 11.5 Å². The average molecular weight is 240 g/mol. The summed E-state index contributed by atoms with van der Waals surface area (Å²) in [6.07, 6.45) is 10.1. The molecular weight excluding hydrogens is 224 g/mol. The van der Waals surface area contributed by atoms with Crippen LogP contribution in [0.1, 0.15) is 5.56 Å². The molecule has 1 aromatic carbocycles. The summed E-state index contributed by atoms with van der Waals surface area (Å²) in [5, 5.41) is 4.13. The Labute approximate surface area is 106 Å². The molecule has 4 heteroatoms. The van der Waals surface area contributed by atoms with Gasteiger partial charge in [0, 0.05) is 24.5 Å². The van der Waals surface area contributed by atoms with Gasteiger partial charge >= 0.3 is 0 Å². The van der Waals surface area contributed by atoms with Crippen LogP contribution in [-0.4, -0.2) is 17.6 Å². The second-order valence-corrected chi connectivity index (χ2v) is 4.34. The summed E-state index contributed by atoms with van der Waals surface area (Å²) in [6.45, 7) is 0.426. The van der Waals surface area contributed by atoms with Gasteiger partial charge in [-0.25, -0.2) is 0 Å². The minimum Gasteiger partial charge on any atom is -0.329 e. The van der Waals surface area contributed by atoms with Gasteiger partial charge in [-0.05, 0) is 24.3 Å². The SMILES string of the molecule is NCC(N)C1=Cc2ccccc2N2C=CC=CN12. The van der Waals surface area contributed by atoms with Gasteiger partial charge in [0.1, 0.15) is 0 Å². The van der Waals surface area contributed by atoms with Gasteiger partial charge in [-0.1, -0.05) is 18.2 Å². The molecule has 0 aliphatic carbocycles. The largest absolute Gasteiger partial charge is 0.329 e. The Morgan fingerprint density at radius 2 is 1.78 bits per heavy atom. The summed E-state index contributed by atoms with van der Waals surface area (Å²) in [5.74, 6) is 0. The van der Waals surface area contributed by atoms with Crippen LogP contribution in [0.4, 0.5) is 5.69 Å². The summed E-state index contributed by atoms with van der Waals surface area (Å²) in [4.78, 5) is 0. The number of nitrogens with two attached hydrogens (primary N) is 2. The average Bonchev–Trinajstić information content (AvgIpc) is 2.45. The highest BCUT2D eigenvalue weighted by molar-refractivity contribution is 5.74. The van der Waals surface area contributed by atoms with Gasteiger partial charge in [-0.2, -0.15) is 0 Å². The maximum atomic E-state index is 6.09. The zero-order chi connectivity index (χ0) is 12.5. The molecule has 4 N–H and O–H groups in total. The van der Waals surface area contributed by atoms with Crippen molar-refractivity contribution < 1.29 is 0 Å². The first-order chi connectivity index (χ1) is 8.81. The van der Waals surface area contributed by atoms with Crippen molar-refractivity contribution in [1.29, 1.82) is 0 Å². The molecule has 0 radical (unpaired) electrons. The zero-order valence-corrected chi connectivity index (χ0v) is 10.0. The molecule has 0 fully saturated rings. The highest BCUT2D eigenvalue weighted by atomic mass is 15.6. The van der Waals surface area contributed by atoms with E-state index in [9.17, 15) is 0 Å². The van der Waals surface area contributed by atoms with E-state index in [1.165, 1.54) is 0 Å². The van der Waals surface area contributed by atoms with Crippen LogP contribution in [0.5, 0.6) is 0 Å². The first kappa shape index (κ1) is 11.1. The number of hydrogen-bond donors (Lipinski definition) is 2. The van der Waals surface area contributed by atoms with Crippen molar-refractivity contribution >= 4 is 11.8 Å². The van der Waals surface area contributed by atoms with Crippen LogP contribution in [0, 0.1) is 0 Å². The lowest BCUT2D eigenvalue weighted by molar-refractivity contribution is 0.426. The Hall–Kier alpha value is -2.04. The molecule has 1 unspecified atom stereocenters. The van der Waals surface area contributed by atoms with Crippen LogP contribution in [0.15, 0.2) is 54.5 Å². The predicted molar refractivity (Wildman–Crippen MR) is 74.0 cm³/mol. The molecule has 4 nitrogen and oxygen atoms in total. The van der Waals surface area contributed by atoms with Crippen molar-refractivity contribution in [2.75, 3.05) is 11.6 Å². The van der Waals surface area contributed by atoms with Crippen LogP contribution in [-0.2, 0) is 0 Å². The lowest BCUT2D eigenvalue weighted by Crippen LogP contribution is -2.46.